The highest BCUT2D eigenvalue weighted by Crippen LogP contribution is 2.35. The van der Waals surface area contributed by atoms with Gasteiger partial charge < -0.3 is 10.6 Å². The van der Waals surface area contributed by atoms with Crippen LogP contribution in [0.1, 0.15) is 45.6 Å². The van der Waals surface area contributed by atoms with Crippen molar-refractivity contribution in [2.24, 2.45) is 11.7 Å². The topological polar surface area (TPSA) is 29.3 Å². The summed E-state index contributed by atoms with van der Waals surface area (Å²) in [6.45, 7) is 7.79. The number of halogens is 1. The molecule has 3 heteroatoms. The monoisotopic (exact) mass is 294 g/mol. The summed E-state index contributed by atoms with van der Waals surface area (Å²) in [4.78, 5) is 2.50. The Balaban J connectivity index is 2.29. The first-order valence-electron chi connectivity index (χ1n) is 7.82. The Morgan fingerprint density at radius 1 is 1.35 bits per heavy atom. The second-order valence-electron chi connectivity index (χ2n) is 6.30. The number of rotatable bonds is 7. The molecule has 1 aromatic carbocycles. The molecular formula is C17H27ClN2. The van der Waals surface area contributed by atoms with E-state index in [1.807, 2.05) is 6.07 Å². The summed E-state index contributed by atoms with van der Waals surface area (Å²) in [5, 5.41) is 0.854. The molecule has 0 amide bonds. The molecule has 1 aliphatic carbocycles. The Morgan fingerprint density at radius 3 is 2.60 bits per heavy atom. The molecule has 0 heterocycles. The second kappa shape index (κ2) is 6.82. The maximum absolute atomic E-state index is 6.45. The second-order valence-corrected chi connectivity index (χ2v) is 6.71. The average molecular weight is 295 g/mol. The van der Waals surface area contributed by atoms with Gasteiger partial charge in [-0.25, -0.2) is 0 Å². The Kier molecular flexibility index (Phi) is 5.34. The van der Waals surface area contributed by atoms with Crippen molar-refractivity contribution in [1.29, 1.82) is 0 Å². The van der Waals surface area contributed by atoms with Crippen LogP contribution in [0.2, 0.25) is 5.02 Å². The first-order chi connectivity index (χ1) is 9.52. The number of benzene rings is 1. The van der Waals surface area contributed by atoms with Crippen LogP contribution in [0.3, 0.4) is 0 Å². The van der Waals surface area contributed by atoms with Gasteiger partial charge in [0.05, 0.1) is 0 Å². The molecule has 2 rings (SSSR count). The molecule has 0 radical (unpaired) electrons. The van der Waals surface area contributed by atoms with Gasteiger partial charge >= 0.3 is 0 Å². The number of nitrogens with zero attached hydrogens (tertiary/aromatic N) is 1. The van der Waals surface area contributed by atoms with Gasteiger partial charge in [-0.3, -0.25) is 0 Å². The van der Waals surface area contributed by atoms with E-state index in [1.165, 1.54) is 24.1 Å². The average Bonchev–Trinajstić information content (AvgIpc) is 3.22. The molecule has 1 saturated carbocycles. The van der Waals surface area contributed by atoms with Crippen molar-refractivity contribution >= 4 is 17.3 Å². The largest absolute Gasteiger partial charge is 0.369 e. The zero-order valence-electron chi connectivity index (χ0n) is 12.9. The number of nitrogens with two attached hydrogens (primary N) is 1. The molecule has 1 atom stereocenters. The maximum atomic E-state index is 6.45. The molecule has 2 N–H and O–H groups in total. The SMILES string of the molecule is CCC(N)Cc1c(Cl)cccc1N(CC1CC1)C(C)C. The van der Waals surface area contributed by atoms with Gasteiger partial charge in [-0.15, -0.1) is 0 Å². The van der Waals surface area contributed by atoms with E-state index in [0.717, 1.165) is 30.3 Å². The molecule has 0 saturated heterocycles. The molecule has 1 aromatic rings. The van der Waals surface area contributed by atoms with E-state index in [1.54, 1.807) is 0 Å². The van der Waals surface area contributed by atoms with Gasteiger partial charge in [-0.2, -0.15) is 0 Å². The Labute approximate surface area is 128 Å². The molecule has 1 unspecified atom stereocenters. The summed E-state index contributed by atoms with van der Waals surface area (Å²) in [7, 11) is 0. The number of hydrogen-bond acceptors (Lipinski definition) is 2. The van der Waals surface area contributed by atoms with E-state index in [-0.39, 0.29) is 6.04 Å². The predicted octanol–water partition coefficient (Wildman–Crippen LogP) is 4.24. The van der Waals surface area contributed by atoms with Crippen molar-refractivity contribution in [3.63, 3.8) is 0 Å². The van der Waals surface area contributed by atoms with E-state index in [9.17, 15) is 0 Å². The minimum atomic E-state index is 0.184. The fourth-order valence-corrected chi connectivity index (χ4v) is 2.84. The normalized spacial score (nSPS) is 16.5. The zero-order chi connectivity index (χ0) is 14.7. The van der Waals surface area contributed by atoms with E-state index in [4.69, 9.17) is 17.3 Å². The summed E-state index contributed by atoms with van der Waals surface area (Å²) in [6, 6.07) is 6.92. The van der Waals surface area contributed by atoms with Crippen molar-refractivity contribution in [2.75, 3.05) is 11.4 Å². The van der Waals surface area contributed by atoms with Gasteiger partial charge in [-0.1, -0.05) is 24.6 Å². The first-order valence-corrected chi connectivity index (χ1v) is 8.20. The molecule has 20 heavy (non-hydrogen) atoms. The van der Waals surface area contributed by atoms with Crippen molar-refractivity contribution in [2.45, 2.75) is 58.5 Å². The lowest BCUT2D eigenvalue weighted by molar-refractivity contribution is 0.623. The molecule has 0 aliphatic heterocycles. The van der Waals surface area contributed by atoms with Crippen molar-refractivity contribution in [3.05, 3.63) is 28.8 Å². The smallest absolute Gasteiger partial charge is 0.0459 e. The molecule has 112 valence electrons. The van der Waals surface area contributed by atoms with Crippen molar-refractivity contribution < 1.29 is 0 Å². The molecule has 2 nitrogen and oxygen atoms in total. The minimum absolute atomic E-state index is 0.184. The molecular weight excluding hydrogens is 268 g/mol. The molecule has 0 spiro atoms. The molecule has 1 aliphatic rings. The van der Waals surface area contributed by atoms with Crippen LogP contribution >= 0.6 is 11.6 Å². The minimum Gasteiger partial charge on any atom is -0.369 e. The van der Waals surface area contributed by atoms with E-state index in [2.05, 4.69) is 37.8 Å². The van der Waals surface area contributed by atoms with Gasteiger partial charge in [-0.05, 0) is 63.1 Å². The molecule has 1 fully saturated rings. The quantitative estimate of drug-likeness (QED) is 0.815. The lowest BCUT2D eigenvalue weighted by atomic mass is 10.0. The highest BCUT2D eigenvalue weighted by molar-refractivity contribution is 6.31. The zero-order valence-corrected chi connectivity index (χ0v) is 13.7. The summed E-state index contributed by atoms with van der Waals surface area (Å²) in [5.41, 5.74) is 8.66. The first kappa shape index (κ1) is 15.7. The fourth-order valence-electron chi connectivity index (χ4n) is 2.59. The highest BCUT2D eigenvalue weighted by Gasteiger charge is 2.27. The van der Waals surface area contributed by atoms with Crippen LogP contribution in [-0.4, -0.2) is 18.6 Å². The number of hydrogen-bond donors (Lipinski definition) is 1. The number of anilines is 1. The van der Waals surface area contributed by atoms with Crippen LogP contribution in [0.4, 0.5) is 5.69 Å². The Morgan fingerprint density at radius 2 is 2.05 bits per heavy atom. The van der Waals surface area contributed by atoms with Crippen LogP contribution in [0.5, 0.6) is 0 Å². The van der Waals surface area contributed by atoms with Crippen molar-refractivity contribution in [3.8, 4) is 0 Å². The summed E-state index contributed by atoms with van der Waals surface area (Å²) in [5.74, 6) is 0.865. The Bertz CT molecular complexity index is 441. The van der Waals surface area contributed by atoms with E-state index < -0.39 is 0 Å². The van der Waals surface area contributed by atoms with Crippen LogP contribution in [0, 0.1) is 5.92 Å². The van der Waals surface area contributed by atoms with Crippen LogP contribution in [0.15, 0.2) is 18.2 Å². The van der Waals surface area contributed by atoms with Crippen LogP contribution < -0.4 is 10.6 Å². The highest BCUT2D eigenvalue weighted by atomic mass is 35.5. The van der Waals surface area contributed by atoms with Gasteiger partial charge in [0.15, 0.2) is 0 Å². The molecule has 0 aromatic heterocycles. The van der Waals surface area contributed by atoms with Crippen LogP contribution in [-0.2, 0) is 6.42 Å². The Hall–Kier alpha value is -0.730. The molecule has 0 bridgehead atoms. The van der Waals surface area contributed by atoms with Crippen LogP contribution in [0.25, 0.3) is 0 Å². The summed E-state index contributed by atoms with van der Waals surface area (Å²) < 4.78 is 0. The third kappa shape index (κ3) is 3.89. The third-order valence-electron chi connectivity index (χ3n) is 4.17. The summed E-state index contributed by atoms with van der Waals surface area (Å²) >= 11 is 6.45. The lowest BCUT2D eigenvalue weighted by Gasteiger charge is -2.32. The van der Waals surface area contributed by atoms with Gasteiger partial charge in [0.2, 0.25) is 0 Å². The maximum Gasteiger partial charge on any atom is 0.0459 e. The van der Waals surface area contributed by atoms with Gasteiger partial charge in [0, 0.05) is 29.3 Å². The summed E-state index contributed by atoms with van der Waals surface area (Å²) in [6.07, 6.45) is 4.58. The van der Waals surface area contributed by atoms with Gasteiger partial charge in [0.25, 0.3) is 0 Å². The lowest BCUT2D eigenvalue weighted by Crippen LogP contribution is -2.34. The third-order valence-corrected chi connectivity index (χ3v) is 4.52. The standard InChI is InChI=1S/C17H27ClN2/c1-4-14(19)10-15-16(18)6-5-7-17(15)20(12(2)3)11-13-8-9-13/h5-7,12-14H,4,8-11,19H2,1-3H3. The van der Waals surface area contributed by atoms with E-state index in [0.29, 0.717) is 6.04 Å². The van der Waals surface area contributed by atoms with Gasteiger partial charge in [0.1, 0.15) is 0 Å². The van der Waals surface area contributed by atoms with E-state index >= 15 is 0 Å². The van der Waals surface area contributed by atoms with Crippen molar-refractivity contribution in [1.82, 2.24) is 0 Å². The predicted molar refractivity (Wildman–Crippen MR) is 88.6 cm³/mol. The fraction of sp³-hybridized carbons (Fsp3) is 0.647.